The Morgan fingerprint density at radius 1 is 1.19 bits per heavy atom. The molecule has 1 aromatic carbocycles. The molecule has 0 aliphatic heterocycles. The lowest BCUT2D eigenvalue weighted by Crippen LogP contribution is -2.24. The van der Waals surface area contributed by atoms with Crippen molar-refractivity contribution in [1.29, 1.82) is 0 Å². The molecule has 0 bridgehead atoms. The zero-order chi connectivity index (χ0) is 21.9. The van der Waals surface area contributed by atoms with Crippen LogP contribution in [0.4, 0.5) is 0 Å². The van der Waals surface area contributed by atoms with Crippen LogP contribution in [-0.4, -0.2) is 28.7 Å². The second-order valence-electron chi connectivity index (χ2n) is 6.96. The van der Waals surface area contributed by atoms with Crippen molar-refractivity contribution >= 4 is 23.5 Å². The van der Waals surface area contributed by atoms with Gasteiger partial charge < -0.3 is 9.72 Å². The van der Waals surface area contributed by atoms with Crippen LogP contribution in [0, 0.1) is 0 Å². The van der Waals surface area contributed by atoms with Crippen LogP contribution in [0.5, 0.6) is 5.75 Å². The van der Waals surface area contributed by atoms with Gasteiger partial charge in [0.15, 0.2) is 0 Å². The van der Waals surface area contributed by atoms with Crippen molar-refractivity contribution in [2.75, 3.05) is 6.61 Å². The molecule has 0 saturated heterocycles. The van der Waals surface area contributed by atoms with Crippen LogP contribution in [0.25, 0.3) is 10.6 Å². The number of nitrogens with one attached hydrogen (secondary N) is 2. The molecule has 0 aliphatic carbocycles. The Hall–Kier alpha value is -3.26. The van der Waals surface area contributed by atoms with Crippen LogP contribution in [0.3, 0.4) is 0 Å². The van der Waals surface area contributed by atoms with E-state index in [1.807, 2.05) is 41.8 Å². The molecule has 31 heavy (non-hydrogen) atoms. The molecule has 0 saturated carbocycles. The third kappa shape index (κ3) is 6.89. The van der Waals surface area contributed by atoms with Gasteiger partial charge in [-0.1, -0.05) is 50.8 Å². The molecule has 0 unspecified atom stereocenters. The SMILES string of the molecule is CCCCCCCOc1ccccc1/C=N/NC(=O)c1cc(-c2cccs2)[nH]c(=O)n1. The summed E-state index contributed by atoms with van der Waals surface area (Å²) in [6.45, 7) is 2.84. The van der Waals surface area contributed by atoms with E-state index in [0.29, 0.717) is 18.1 Å². The average molecular weight is 439 g/mol. The van der Waals surface area contributed by atoms with E-state index in [0.717, 1.165) is 23.3 Å². The number of aromatic nitrogens is 2. The minimum absolute atomic E-state index is 0.000847. The van der Waals surface area contributed by atoms with Crippen molar-refractivity contribution in [3.05, 3.63) is 69.6 Å². The molecule has 2 heterocycles. The number of carbonyl (C=O) groups excluding carboxylic acids is 1. The van der Waals surface area contributed by atoms with E-state index in [-0.39, 0.29) is 5.69 Å². The Kier molecular flexibility index (Phi) is 8.54. The van der Waals surface area contributed by atoms with Crippen LogP contribution in [0.15, 0.2) is 57.7 Å². The van der Waals surface area contributed by atoms with Crippen molar-refractivity contribution in [1.82, 2.24) is 15.4 Å². The van der Waals surface area contributed by atoms with Gasteiger partial charge in [-0.05, 0) is 36.1 Å². The molecule has 0 spiro atoms. The number of thiophene rings is 1. The molecule has 162 valence electrons. The van der Waals surface area contributed by atoms with Gasteiger partial charge in [-0.2, -0.15) is 10.1 Å². The van der Waals surface area contributed by atoms with E-state index in [2.05, 4.69) is 27.4 Å². The number of rotatable bonds is 11. The first-order valence-electron chi connectivity index (χ1n) is 10.4. The standard InChI is InChI=1S/C23H26N4O3S/c1-2-3-4-5-8-13-30-20-11-7-6-10-17(20)16-24-27-22(28)19-15-18(25-23(29)26-19)21-12-9-14-31-21/h6-7,9-12,14-16H,2-5,8,13H2,1H3,(H,27,28)(H,25,26,29)/b24-16+. The predicted molar refractivity (Wildman–Crippen MR) is 124 cm³/mol. The second kappa shape index (κ2) is 11.8. The highest BCUT2D eigenvalue weighted by molar-refractivity contribution is 7.13. The average Bonchev–Trinajstić information content (AvgIpc) is 3.32. The molecule has 2 aromatic heterocycles. The van der Waals surface area contributed by atoms with E-state index in [1.54, 1.807) is 0 Å². The van der Waals surface area contributed by atoms with E-state index in [4.69, 9.17) is 4.74 Å². The Morgan fingerprint density at radius 3 is 2.84 bits per heavy atom. The van der Waals surface area contributed by atoms with Gasteiger partial charge >= 0.3 is 5.69 Å². The Morgan fingerprint density at radius 2 is 2.03 bits per heavy atom. The van der Waals surface area contributed by atoms with Crippen LogP contribution in [0.1, 0.15) is 55.1 Å². The van der Waals surface area contributed by atoms with Crippen molar-refractivity contribution in [2.24, 2.45) is 5.10 Å². The highest BCUT2D eigenvalue weighted by atomic mass is 32.1. The van der Waals surface area contributed by atoms with Gasteiger partial charge in [-0.15, -0.1) is 11.3 Å². The van der Waals surface area contributed by atoms with E-state index < -0.39 is 11.6 Å². The van der Waals surface area contributed by atoms with Gasteiger partial charge in [0.2, 0.25) is 0 Å². The first-order valence-corrected chi connectivity index (χ1v) is 11.3. The molecule has 1 amide bonds. The molecule has 0 radical (unpaired) electrons. The smallest absolute Gasteiger partial charge is 0.346 e. The Bertz CT molecular complexity index is 1060. The number of H-pyrrole nitrogens is 1. The van der Waals surface area contributed by atoms with Gasteiger partial charge in [-0.3, -0.25) is 4.79 Å². The quantitative estimate of drug-likeness (QED) is 0.259. The minimum atomic E-state index is -0.585. The normalized spacial score (nSPS) is 11.0. The first kappa shape index (κ1) is 22.4. The summed E-state index contributed by atoms with van der Waals surface area (Å²) in [7, 11) is 0. The van der Waals surface area contributed by atoms with Crippen molar-refractivity contribution in [3.8, 4) is 16.3 Å². The summed E-state index contributed by atoms with van der Waals surface area (Å²) in [4.78, 5) is 31.5. The van der Waals surface area contributed by atoms with Gasteiger partial charge in [0.05, 0.1) is 23.4 Å². The number of nitrogens with zero attached hydrogens (tertiary/aromatic N) is 2. The van der Waals surface area contributed by atoms with Gasteiger partial charge in [0.1, 0.15) is 11.4 Å². The monoisotopic (exact) mass is 438 g/mol. The molecule has 0 atom stereocenters. The summed E-state index contributed by atoms with van der Waals surface area (Å²) in [6, 6.07) is 12.8. The molecule has 0 aliphatic rings. The number of benzene rings is 1. The fraction of sp³-hybridized carbons (Fsp3) is 0.304. The molecule has 7 nitrogen and oxygen atoms in total. The topological polar surface area (TPSA) is 96.4 Å². The number of hydrogen-bond acceptors (Lipinski definition) is 6. The largest absolute Gasteiger partial charge is 0.493 e. The van der Waals surface area contributed by atoms with Gasteiger partial charge in [-0.25, -0.2) is 10.2 Å². The zero-order valence-corrected chi connectivity index (χ0v) is 18.3. The molecule has 3 aromatic rings. The zero-order valence-electron chi connectivity index (χ0n) is 17.5. The second-order valence-corrected chi connectivity index (χ2v) is 7.91. The van der Waals surface area contributed by atoms with Crippen LogP contribution >= 0.6 is 11.3 Å². The Balaban J connectivity index is 1.60. The number of hydrogen-bond donors (Lipinski definition) is 2. The maximum absolute atomic E-state index is 12.4. The maximum Gasteiger partial charge on any atom is 0.346 e. The molecule has 3 rings (SSSR count). The lowest BCUT2D eigenvalue weighted by atomic mass is 10.2. The fourth-order valence-corrected chi connectivity index (χ4v) is 3.66. The van der Waals surface area contributed by atoms with Crippen molar-refractivity contribution in [3.63, 3.8) is 0 Å². The van der Waals surface area contributed by atoms with Crippen molar-refractivity contribution in [2.45, 2.75) is 39.0 Å². The van der Waals surface area contributed by atoms with E-state index >= 15 is 0 Å². The third-order valence-electron chi connectivity index (χ3n) is 4.56. The maximum atomic E-state index is 12.4. The molecular weight excluding hydrogens is 412 g/mol. The fourth-order valence-electron chi connectivity index (χ4n) is 2.96. The summed E-state index contributed by atoms with van der Waals surface area (Å²) in [5.41, 5.74) is 3.15. The minimum Gasteiger partial charge on any atom is -0.493 e. The van der Waals surface area contributed by atoms with Crippen LogP contribution < -0.4 is 15.9 Å². The van der Waals surface area contributed by atoms with Crippen molar-refractivity contribution < 1.29 is 9.53 Å². The molecule has 0 fully saturated rings. The first-order chi connectivity index (χ1) is 15.2. The molecule has 8 heteroatoms. The third-order valence-corrected chi connectivity index (χ3v) is 5.46. The van der Waals surface area contributed by atoms with Crippen LogP contribution in [0.2, 0.25) is 0 Å². The highest BCUT2D eigenvalue weighted by Gasteiger charge is 2.11. The summed E-state index contributed by atoms with van der Waals surface area (Å²) in [5.74, 6) is 0.153. The number of amides is 1. The van der Waals surface area contributed by atoms with Crippen LogP contribution in [-0.2, 0) is 0 Å². The summed E-state index contributed by atoms with van der Waals surface area (Å²) < 4.78 is 5.87. The lowest BCUT2D eigenvalue weighted by molar-refractivity contribution is 0.0949. The summed E-state index contributed by atoms with van der Waals surface area (Å²) in [6.07, 6.45) is 7.37. The lowest BCUT2D eigenvalue weighted by Gasteiger charge is -2.08. The highest BCUT2D eigenvalue weighted by Crippen LogP contribution is 2.21. The number of unbranched alkanes of at least 4 members (excludes halogenated alkanes) is 4. The van der Waals surface area contributed by atoms with Gasteiger partial charge in [0, 0.05) is 5.56 Å². The van der Waals surface area contributed by atoms with Gasteiger partial charge in [0.25, 0.3) is 5.91 Å². The number of carbonyl (C=O) groups is 1. The molecular formula is C23H26N4O3S. The number of aromatic amines is 1. The summed E-state index contributed by atoms with van der Waals surface area (Å²) >= 11 is 1.46. The number of hydrazone groups is 1. The van der Waals surface area contributed by atoms with E-state index in [1.165, 1.54) is 42.9 Å². The number of ether oxygens (including phenoxy) is 1. The summed E-state index contributed by atoms with van der Waals surface area (Å²) in [5, 5.41) is 5.91. The number of para-hydroxylation sites is 1. The molecule has 2 N–H and O–H groups in total. The predicted octanol–water partition coefficient (Wildman–Crippen LogP) is 4.61. The Labute approximate surface area is 185 Å². The van der Waals surface area contributed by atoms with E-state index in [9.17, 15) is 9.59 Å².